The van der Waals surface area contributed by atoms with Crippen molar-refractivity contribution < 1.29 is 9.53 Å². The lowest BCUT2D eigenvalue weighted by Crippen LogP contribution is -2.15. The summed E-state index contributed by atoms with van der Waals surface area (Å²) in [6, 6.07) is 17.4. The zero-order chi connectivity index (χ0) is 13.7. The molecule has 3 nitrogen and oxygen atoms in total. The lowest BCUT2D eigenvalue weighted by Gasteiger charge is -2.21. The van der Waals surface area contributed by atoms with Gasteiger partial charge in [0.2, 0.25) is 0 Å². The van der Waals surface area contributed by atoms with Crippen LogP contribution >= 0.6 is 0 Å². The number of carbonyl (C=O) groups excluding carboxylic acids is 1. The van der Waals surface area contributed by atoms with Gasteiger partial charge in [0.15, 0.2) is 0 Å². The lowest BCUT2D eigenvalue weighted by atomic mass is 10.1. The van der Waals surface area contributed by atoms with Crippen LogP contribution in [0.5, 0.6) is 0 Å². The molecule has 0 aliphatic carbocycles. The molecule has 19 heavy (non-hydrogen) atoms. The van der Waals surface area contributed by atoms with Crippen LogP contribution in [0.15, 0.2) is 54.6 Å². The van der Waals surface area contributed by atoms with Gasteiger partial charge in [0.25, 0.3) is 0 Å². The zero-order valence-electron chi connectivity index (χ0n) is 11.2. The van der Waals surface area contributed by atoms with E-state index in [2.05, 4.69) is 0 Å². The molecule has 98 valence electrons. The Labute approximate surface area is 113 Å². The second kappa shape index (κ2) is 6.05. The molecule has 0 radical (unpaired) electrons. The summed E-state index contributed by atoms with van der Waals surface area (Å²) in [7, 11) is 1.94. The summed E-state index contributed by atoms with van der Waals surface area (Å²) < 4.78 is 5.09. The van der Waals surface area contributed by atoms with Crippen LogP contribution in [-0.4, -0.2) is 19.6 Å². The predicted molar refractivity (Wildman–Crippen MR) is 76.9 cm³/mol. The molecular formula is C16H17NO2. The lowest BCUT2D eigenvalue weighted by molar-refractivity contribution is 0.0527. The van der Waals surface area contributed by atoms with E-state index in [1.807, 2.05) is 60.5 Å². The second-order valence-corrected chi connectivity index (χ2v) is 4.13. The van der Waals surface area contributed by atoms with Crippen molar-refractivity contribution in [3.8, 4) is 0 Å². The predicted octanol–water partition coefficient (Wildman–Crippen LogP) is 3.63. The van der Waals surface area contributed by atoms with Gasteiger partial charge in [-0.05, 0) is 31.2 Å². The average molecular weight is 255 g/mol. The largest absolute Gasteiger partial charge is 0.462 e. The Morgan fingerprint density at radius 3 is 2.37 bits per heavy atom. The maximum Gasteiger partial charge on any atom is 0.340 e. The van der Waals surface area contributed by atoms with Crippen molar-refractivity contribution >= 4 is 17.3 Å². The molecule has 0 aliphatic heterocycles. The monoisotopic (exact) mass is 255 g/mol. The molecule has 0 atom stereocenters. The van der Waals surface area contributed by atoms with Crippen LogP contribution < -0.4 is 4.90 Å². The summed E-state index contributed by atoms with van der Waals surface area (Å²) in [5, 5.41) is 0. The number of anilines is 2. The molecule has 0 unspecified atom stereocenters. The molecular weight excluding hydrogens is 238 g/mol. The van der Waals surface area contributed by atoms with Crippen molar-refractivity contribution in [1.82, 2.24) is 0 Å². The third-order valence-corrected chi connectivity index (χ3v) is 2.90. The molecule has 0 amide bonds. The number of ether oxygens (including phenoxy) is 1. The van der Waals surface area contributed by atoms with E-state index in [1.165, 1.54) is 0 Å². The van der Waals surface area contributed by atoms with E-state index in [-0.39, 0.29) is 5.97 Å². The van der Waals surface area contributed by atoms with Crippen LogP contribution in [0.3, 0.4) is 0 Å². The molecule has 0 heterocycles. The van der Waals surface area contributed by atoms with Crippen molar-refractivity contribution in [2.45, 2.75) is 6.92 Å². The number of nitrogens with zero attached hydrogens (tertiary/aromatic N) is 1. The van der Waals surface area contributed by atoms with Gasteiger partial charge in [0, 0.05) is 12.7 Å². The average Bonchev–Trinajstić information content (AvgIpc) is 2.47. The van der Waals surface area contributed by atoms with Gasteiger partial charge in [-0.1, -0.05) is 30.3 Å². The Hall–Kier alpha value is -2.29. The summed E-state index contributed by atoms with van der Waals surface area (Å²) in [6.45, 7) is 2.18. The molecule has 2 aromatic rings. The first-order chi connectivity index (χ1) is 9.24. The zero-order valence-corrected chi connectivity index (χ0v) is 11.2. The molecule has 0 aliphatic rings. The van der Waals surface area contributed by atoms with Crippen LogP contribution in [0.4, 0.5) is 11.4 Å². The molecule has 0 bridgehead atoms. The van der Waals surface area contributed by atoms with Gasteiger partial charge < -0.3 is 9.64 Å². The molecule has 2 aromatic carbocycles. The summed E-state index contributed by atoms with van der Waals surface area (Å²) in [6.07, 6.45) is 0. The van der Waals surface area contributed by atoms with Crippen molar-refractivity contribution in [1.29, 1.82) is 0 Å². The van der Waals surface area contributed by atoms with Crippen LogP contribution in [0.25, 0.3) is 0 Å². The summed E-state index contributed by atoms with van der Waals surface area (Å²) in [4.78, 5) is 13.9. The van der Waals surface area contributed by atoms with Crippen LogP contribution in [-0.2, 0) is 4.74 Å². The second-order valence-electron chi connectivity index (χ2n) is 4.13. The van der Waals surface area contributed by atoms with E-state index in [4.69, 9.17) is 4.74 Å². The smallest absolute Gasteiger partial charge is 0.340 e. The number of benzene rings is 2. The van der Waals surface area contributed by atoms with Crippen molar-refractivity contribution in [2.75, 3.05) is 18.6 Å². The fourth-order valence-corrected chi connectivity index (χ4v) is 1.94. The number of rotatable bonds is 4. The third-order valence-electron chi connectivity index (χ3n) is 2.90. The van der Waals surface area contributed by atoms with E-state index in [0.717, 1.165) is 11.4 Å². The first-order valence-corrected chi connectivity index (χ1v) is 6.29. The van der Waals surface area contributed by atoms with Gasteiger partial charge in [-0.3, -0.25) is 0 Å². The molecule has 2 rings (SSSR count). The molecule has 0 spiro atoms. The Balaban J connectivity index is 2.37. The number of para-hydroxylation sites is 2. The molecule has 0 saturated heterocycles. The minimum atomic E-state index is -0.291. The van der Waals surface area contributed by atoms with Crippen LogP contribution in [0, 0.1) is 0 Å². The quantitative estimate of drug-likeness (QED) is 0.781. The topological polar surface area (TPSA) is 29.5 Å². The van der Waals surface area contributed by atoms with Gasteiger partial charge in [0.05, 0.1) is 17.9 Å². The van der Waals surface area contributed by atoms with E-state index < -0.39 is 0 Å². The first-order valence-electron chi connectivity index (χ1n) is 6.29. The minimum Gasteiger partial charge on any atom is -0.462 e. The highest BCUT2D eigenvalue weighted by Gasteiger charge is 2.15. The Morgan fingerprint density at radius 2 is 1.68 bits per heavy atom. The number of hydrogen-bond donors (Lipinski definition) is 0. The van der Waals surface area contributed by atoms with Crippen molar-refractivity contribution in [3.05, 3.63) is 60.2 Å². The van der Waals surface area contributed by atoms with Gasteiger partial charge in [-0.2, -0.15) is 0 Å². The van der Waals surface area contributed by atoms with E-state index in [0.29, 0.717) is 12.2 Å². The van der Waals surface area contributed by atoms with Gasteiger partial charge in [-0.25, -0.2) is 4.79 Å². The third kappa shape index (κ3) is 2.94. The number of hydrogen-bond acceptors (Lipinski definition) is 3. The highest BCUT2D eigenvalue weighted by Crippen LogP contribution is 2.27. The number of carbonyl (C=O) groups is 1. The molecule has 0 N–H and O–H groups in total. The highest BCUT2D eigenvalue weighted by atomic mass is 16.5. The molecule has 0 fully saturated rings. The normalized spacial score (nSPS) is 10.0. The Morgan fingerprint density at radius 1 is 1.05 bits per heavy atom. The van der Waals surface area contributed by atoms with E-state index in [9.17, 15) is 4.79 Å². The SMILES string of the molecule is CCOC(=O)c1ccccc1N(C)c1ccccc1. The fraction of sp³-hybridized carbons (Fsp3) is 0.188. The fourth-order valence-electron chi connectivity index (χ4n) is 1.94. The minimum absolute atomic E-state index is 0.291. The van der Waals surface area contributed by atoms with E-state index >= 15 is 0 Å². The van der Waals surface area contributed by atoms with Crippen LogP contribution in [0.2, 0.25) is 0 Å². The first kappa shape index (κ1) is 13.1. The van der Waals surface area contributed by atoms with Crippen molar-refractivity contribution in [2.24, 2.45) is 0 Å². The number of esters is 1. The van der Waals surface area contributed by atoms with Gasteiger partial charge in [-0.15, -0.1) is 0 Å². The Kier molecular flexibility index (Phi) is 4.18. The van der Waals surface area contributed by atoms with E-state index in [1.54, 1.807) is 13.0 Å². The maximum atomic E-state index is 12.0. The standard InChI is InChI=1S/C16H17NO2/c1-3-19-16(18)14-11-7-8-12-15(14)17(2)13-9-5-4-6-10-13/h4-12H,3H2,1-2H3. The molecule has 3 heteroatoms. The Bertz CT molecular complexity index is 552. The highest BCUT2D eigenvalue weighted by molar-refractivity contribution is 5.96. The summed E-state index contributed by atoms with van der Waals surface area (Å²) >= 11 is 0. The summed E-state index contributed by atoms with van der Waals surface area (Å²) in [5.74, 6) is -0.291. The maximum absolute atomic E-state index is 12.0. The van der Waals surface area contributed by atoms with Gasteiger partial charge >= 0.3 is 5.97 Å². The molecule has 0 aromatic heterocycles. The van der Waals surface area contributed by atoms with Crippen molar-refractivity contribution in [3.63, 3.8) is 0 Å². The van der Waals surface area contributed by atoms with Crippen LogP contribution in [0.1, 0.15) is 17.3 Å². The summed E-state index contributed by atoms with van der Waals surface area (Å²) in [5.41, 5.74) is 2.45. The molecule has 0 saturated carbocycles. The van der Waals surface area contributed by atoms with Gasteiger partial charge in [0.1, 0.15) is 0 Å².